The summed E-state index contributed by atoms with van der Waals surface area (Å²) in [6.07, 6.45) is 8.06. The highest BCUT2D eigenvalue weighted by molar-refractivity contribution is 5.96. The van der Waals surface area contributed by atoms with Crippen molar-refractivity contribution in [2.75, 3.05) is 0 Å². The van der Waals surface area contributed by atoms with Crippen LogP contribution in [0.3, 0.4) is 0 Å². The van der Waals surface area contributed by atoms with Crippen molar-refractivity contribution in [2.24, 2.45) is 0 Å². The van der Waals surface area contributed by atoms with Gasteiger partial charge in [0.15, 0.2) is 5.65 Å². The van der Waals surface area contributed by atoms with Gasteiger partial charge in [-0.05, 0) is 50.1 Å². The molecule has 0 aliphatic carbocycles. The van der Waals surface area contributed by atoms with E-state index in [-0.39, 0.29) is 11.9 Å². The average Bonchev–Trinajstić information content (AvgIpc) is 3.20. The number of hydrogen-bond donors (Lipinski definition) is 1. The Morgan fingerprint density at radius 3 is 2.53 bits per heavy atom. The van der Waals surface area contributed by atoms with Gasteiger partial charge in [-0.3, -0.25) is 19.3 Å². The molecular weight excluding hydrogens is 426 g/mol. The number of nitrogens with one attached hydrogen (secondary N) is 1. The fourth-order valence-corrected chi connectivity index (χ4v) is 3.93. The number of rotatable bonds is 5. The van der Waals surface area contributed by atoms with Crippen LogP contribution in [0.2, 0.25) is 0 Å². The maximum atomic E-state index is 13.3. The highest BCUT2D eigenvalue weighted by atomic mass is 16.1. The van der Waals surface area contributed by atoms with Crippen LogP contribution in [-0.2, 0) is 0 Å². The van der Waals surface area contributed by atoms with E-state index >= 15 is 0 Å². The first kappa shape index (κ1) is 21.4. The first-order valence-corrected chi connectivity index (χ1v) is 10.9. The SMILES string of the molecule is Cc1ccc(-c2cc(C(=O)NC(C)c3cnccn3)cc(-n3c(C)nc4cncnc43)c2)cc1. The number of fused-ring (bicyclic) bond motifs is 1. The second kappa shape index (κ2) is 8.82. The van der Waals surface area contributed by atoms with E-state index in [4.69, 9.17) is 0 Å². The molecule has 0 bridgehead atoms. The molecule has 1 amide bonds. The Morgan fingerprint density at radius 2 is 1.76 bits per heavy atom. The van der Waals surface area contributed by atoms with Gasteiger partial charge >= 0.3 is 0 Å². The molecule has 5 aromatic rings. The molecule has 8 heteroatoms. The van der Waals surface area contributed by atoms with Crippen molar-refractivity contribution >= 4 is 17.1 Å². The lowest BCUT2D eigenvalue weighted by Crippen LogP contribution is -2.27. The van der Waals surface area contributed by atoms with Gasteiger partial charge in [0.1, 0.15) is 17.7 Å². The molecule has 5 rings (SSSR count). The standard InChI is InChI=1S/C26H23N7O/c1-16-4-6-19(7-5-16)20-10-21(26(34)31-17(2)23-13-27-8-9-29-23)12-22(11-20)33-18(3)32-24-14-28-15-30-25(24)33/h4-15,17H,1-3H3,(H,31,34). The number of amides is 1. The number of carbonyl (C=O) groups is 1. The van der Waals surface area contributed by atoms with Crippen LogP contribution in [0, 0.1) is 13.8 Å². The topological polar surface area (TPSA) is 98.5 Å². The summed E-state index contributed by atoms with van der Waals surface area (Å²) in [4.78, 5) is 34.8. The van der Waals surface area contributed by atoms with Crippen LogP contribution in [0.25, 0.3) is 28.0 Å². The Kier molecular flexibility index (Phi) is 5.55. The summed E-state index contributed by atoms with van der Waals surface area (Å²) in [5.74, 6) is 0.556. The van der Waals surface area contributed by atoms with E-state index < -0.39 is 0 Å². The highest BCUT2D eigenvalue weighted by Gasteiger charge is 2.17. The summed E-state index contributed by atoms with van der Waals surface area (Å²) >= 11 is 0. The number of aromatic nitrogens is 6. The maximum absolute atomic E-state index is 13.3. The fourth-order valence-electron chi connectivity index (χ4n) is 3.93. The van der Waals surface area contributed by atoms with Gasteiger partial charge in [0.25, 0.3) is 5.91 Å². The van der Waals surface area contributed by atoms with E-state index in [1.807, 2.05) is 43.5 Å². The summed E-state index contributed by atoms with van der Waals surface area (Å²) < 4.78 is 1.94. The van der Waals surface area contributed by atoms with Crippen LogP contribution < -0.4 is 5.32 Å². The Bertz CT molecular complexity index is 1480. The molecule has 168 valence electrons. The first-order valence-electron chi connectivity index (χ1n) is 10.9. The zero-order chi connectivity index (χ0) is 23.7. The molecular formula is C26H23N7O. The summed E-state index contributed by atoms with van der Waals surface area (Å²) in [7, 11) is 0. The van der Waals surface area contributed by atoms with Gasteiger partial charge in [-0.2, -0.15) is 0 Å². The first-order chi connectivity index (χ1) is 16.5. The van der Waals surface area contributed by atoms with Crippen molar-refractivity contribution in [3.05, 3.63) is 96.2 Å². The minimum Gasteiger partial charge on any atom is -0.344 e. The number of nitrogens with zero attached hydrogens (tertiary/aromatic N) is 6. The van der Waals surface area contributed by atoms with Crippen molar-refractivity contribution in [3.63, 3.8) is 0 Å². The molecule has 1 atom stereocenters. The van der Waals surface area contributed by atoms with Gasteiger partial charge in [0.05, 0.1) is 29.8 Å². The van der Waals surface area contributed by atoms with E-state index in [1.54, 1.807) is 24.8 Å². The lowest BCUT2D eigenvalue weighted by Gasteiger charge is -2.16. The van der Waals surface area contributed by atoms with Crippen molar-refractivity contribution in [1.82, 2.24) is 34.8 Å². The van der Waals surface area contributed by atoms with E-state index in [1.165, 1.54) is 11.9 Å². The average molecular weight is 450 g/mol. The van der Waals surface area contributed by atoms with Gasteiger partial charge in [0.2, 0.25) is 0 Å². The van der Waals surface area contributed by atoms with Gasteiger partial charge in [-0.25, -0.2) is 15.0 Å². The summed E-state index contributed by atoms with van der Waals surface area (Å²) in [6, 6.07) is 13.7. The van der Waals surface area contributed by atoms with Crippen LogP contribution in [-0.4, -0.2) is 35.4 Å². The normalized spacial score (nSPS) is 12.0. The maximum Gasteiger partial charge on any atom is 0.251 e. The third kappa shape index (κ3) is 4.13. The molecule has 1 unspecified atom stereocenters. The van der Waals surface area contributed by atoms with Crippen LogP contribution in [0.1, 0.15) is 40.4 Å². The lowest BCUT2D eigenvalue weighted by molar-refractivity contribution is 0.0939. The molecule has 0 aliphatic rings. The Morgan fingerprint density at radius 1 is 0.941 bits per heavy atom. The highest BCUT2D eigenvalue weighted by Crippen LogP contribution is 2.28. The third-order valence-corrected chi connectivity index (χ3v) is 5.69. The van der Waals surface area contributed by atoms with Gasteiger partial charge < -0.3 is 5.32 Å². The van der Waals surface area contributed by atoms with Gasteiger partial charge in [-0.15, -0.1) is 0 Å². The smallest absolute Gasteiger partial charge is 0.251 e. The van der Waals surface area contributed by atoms with Crippen molar-refractivity contribution in [3.8, 4) is 16.8 Å². The van der Waals surface area contributed by atoms with E-state index in [9.17, 15) is 4.79 Å². The Labute approximate surface area is 196 Å². The zero-order valence-electron chi connectivity index (χ0n) is 19.1. The minimum atomic E-state index is -0.295. The van der Waals surface area contributed by atoms with E-state index in [2.05, 4.69) is 54.5 Å². The molecule has 0 fully saturated rings. The Balaban J connectivity index is 1.61. The van der Waals surface area contributed by atoms with Crippen molar-refractivity contribution in [1.29, 1.82) is 0 Å². The molecule has 0 spiro atoms. The molecule has 3 aromatic heterocycles. The summed E-state index contributed by atoms with van der Waals surface area (Å²) in [5.41, 5.74) is 6.51. The molecule has 0 radical (unpaired) electrons. The minimum absolute atomic E-state index is 0.204. The zero-order valence-corrected chi connectivity index (χ0v) is 19.1. The molecule has 2 aromatic carbocycles. The van der Waals surface area contributed by atoms with E-state index in [0.29, 0.717) is 22.4 Å². The van der Waals surface area contributed by atoms with Gasteiger partial charge in [0, 0.05) is 18.0 Å². The predicted molar refractivity (Wildman–Crippen MR) is 129 cm³/mol. The molecule has 8 nitrogen and oxygen atoms in total. The second-order valence-corrected chi connectivity index (χ2v) is 8.19. The monoisotopic (exact) mass is 449 g/mol. The van der Waals surface area contributed by atoms with Crippen LogP contribution in [0.4, 0.5) is 0 Å². The van der Waals surface area contributed by atoms with Crippen LogP contribution in [0.15, 0.2) is 73.6 Å². The molecule has 1 N–H and O–H groups in total. The predicted octanol–water partition coefficient (Wildman–Crippen LogP) is 4.38. The number of imidazole rings is 1. The molecule has 34 heavy (non-hydrogen) atoms. The fraction of sp³-hybridized carbons (Fsp3) is 0.154. The molecule has 0 saturated carbocycles. The third-order valence-electron chi connectivity index (χ3n) is 5.69. The number of benzene rings is 2. The molecule has 3 heterocycles. The lowest BCUT2D eigenvalue weighted by atomic mass is 10.00. The van der Waals surface area contributed by atoms with Crippen molar-refractivity contribution in [2.45, 2.75) is 26.8 Å². The summed E-state index contributed by atoms with van der Waals surface area (Å²) in [6.45, 7) is 5.85. The van der Waals surface area contributed by atoms with Crippen LogP contribution >= 0.6 is 0 Å². The van der Waals surface area contributed by atoms with Crippen LogP contribution in [0.5, 0.6) is 0 Å². The molecule has 0 saturated heterocycles. The number of hydrogen-bond acceptors (Lipinski definition) is 6. The quantitative estimate of drug-likeness (QED) is 0.428. The largest absolute Gasteiger partial charge is 0.344 e. The molecule has 0 aliphatic heterocycles. The van der Waals surface area contributed by atoms with Gasteiger partial charge in [-0.1, -0.05) is 29.8 Å². The van der Waals surface area contributed by atoms with Crippen molar-refractivity contribution < 1.29 is 4.79 Å². The second-order valence-electron chi connectivity index (χ2n) is 8.19. The Hall–Kier alpha value is -4.46. The summed E-state index contributed by atoms with van der Waals surface area (Å²) in [5, 5.41) is 3.03. The number of aryl methyl sites for hydroxylation is 2. The van der Waals surface area contributed by atoms with E-state index in [0.717, 1.165) is 22.6 Å². The number of carbonyl (C=O) groups excluding carboxylic acids is 1.